The molecule has 5 nitrogen and oxygen atoms in total. The lowest BCUT2D eigenvalue weighted by Gasteiger charge is -2.20. The lowest BCUT2D eigenvalue weighted by Crippen LogP contribution is -2.45. The predicted molar refractivity (Wildman–Crippen MR) is 80.3 cm³/mol. The monoisotopic (exact) mass is 310 g/mol. The van der Waals surface area contributed by atoms with Crippen LogP contribution in [0.15, 0.2) is 24.3 Å². The van der Waals surface area contributed by atoms with E-state index in [1.165, 1.54) is 0 Å². The maximum Gasteiger partial charge on any atom is 0.315 e. The van der Waals surface area contributed by atoms with Crippen molar-refractivity contribution in [1.82, 2.24) is 10.6 Å². The summed E-state index contributed by atoms with van der Waals surface area (Å²) < 4.78 is 0. The Bertz CT molecular complexity index is 535. The van der Waals surface area contributed by atoms with Gasteiger partial charge < -0.3 is 15.7 Å². The number of rotatable bonds is 4. The van der Waals surface area contributed by atoms with Crippen LogP contribution in [0.2, 0.25) is 5.02 Å². The molecule has 0 aliphatic heterocycles. The van der Waals surface area contributed by atoms with Gasteiger partial charge in [0.1, 0.15) is 0 Å². The van der Waals surface area contributed by atoms with Crippen LogP contribution < -0.4 is 10.6 Å². The summed E-state index contributed by atoms with van der Waals surface area (Å²) in [5.74, 6) is -1.34. The number of benzene rings is 1. The number of carbonyl (C=O) groups excluding carboxylic acids is 1. The summed E-state index contributed by atoms with van der Waals surface area (Å²) in [7, 11) is 0. The third kappa shape index (κ3) is 4.11. The van der Waals surface area contributed by atoms with Gasteiger partial charge in [0.05, 0.1) is 12.0 Å². The molecule has 0 aromatic heterocycles. The van der Waals surface area contributed by atoms with Crippen molar-refractivity contribution in [3.8, 4) is 0 Å². The minimum absolute atomic E-state index is 0.201. The SMILES string of the molecule is CC(NC(=O)NC1CCCC1C(=O)O)c1cccc(Cl)c1. The van der Waals surface area contributed by atoms with Crippen molar-refractivity contribution >= 4 is 23.6 Å². The summed E-state index contributed by atoms with van der Waals surface area (Å²) in [4.78, 5) is 23.1. The standard InChI is InChI=1S/C15H19ClN2O3/c1-9(10-4-2-5-11(16)8-10)17-15(21)18-13-7-3-6-12(13)14(19)20/h2,4-5,8-9,12-13H,3,6-7H2,1H3,(H,19,20)(H2,17,18,21). The molecule has 6 heteroatoms. The maximum absolute atomic E-state index is 12.0. The first-order valence-electron chi connectivity index (χ1n) is 7.02. The lowest BCUT2D eigenvalue weighted by molar-refractivity contribution is -0.142. The molecule has 1 aromatic carbocycles. The normalized spacial score (nSPS) is 22.6. The van der Waals surface area contributed by atoms with Gasteiger partial charge >= 0.3 is 12.0 Å². The van der Waals surface area contributed by atoms with E-state index >= 15 is 0 Å². The zero-order chi connectivity index (χ0) is 15.4. The van der Waals surface area contributed by atoms with E-state index < -0.39 is 11.9 Å². The molecule has 0 bridgehead atoms. The van der Waals surface area contributed by atoms with E-state index in [-0.39, 0.29) is 18.1 Å². The molecule has 2 rings (SSSR count). The van der Waals surface area contributed by atoms with Gasteiger partial charge in [-0.2, -0.15) is 0 Å². The minimum Gasteiger partial charge on any atom is -0.481 e. The zero-order valence-electron chi connectivity index (χ0n) is 11.8. The summed E-state index contributed by atoms with van der Waals surface area (Å²) in [6.45, 7) is 1.86. The Kier molecular flexibility index (Phi) is 5.07. The highest BCUT2D eigenvalue weighted by atomic mass is 35.5. The van der Waals surface area contributed by atoms with Gasteiger partial charge in [0.25, 0.3) is 0 Å². The third-order valence-electron chi connectivity index (χ3n) is 3.85. The largest absolute Gasteiger partial charge is 0.481 e. The first kappa shape index (κ1) is 15.6. The van der Waals surface area contributed by atoms with Crippen LogP contribution in [0, 0.1) is 5.92 Å². The van der Waals surface area contributed by atoms with E-state index in [0.717, 1.165) is 12.0 Å². The van der Waals surface area contributed by atoms with E-state index in [1.54, 1.807) is 12.1 Å². The zero-order valence-corrected chi connectivity index (χ0v) is 12.6. The summed E-state index contributed by atoms with van der Waals surface area (Å²) in [5.41, 5.74) is 0.902. The number of hydrogen-bond acceptors (Lipinski definition) is 2. The second-order valence-electron chi connectivity index (χ2n) is 5.38. The summed E-state index contributed by atoms with van der Waals surface area (Å²) in [6, 6.07) is 6.43. The van der Waals surface area contributed by atoms with Crippen molar-refractivity contribution in [3.63, 3.8) is 0 Å². The summed E-state index contributed by atoms with van der Waals surface area (Å²) >= 11 is 5.92. The van der Waals surface area contributed by atoms with Crippen LogP contribution in [0.3, 0.4) is 0 Å². The topological polar surface area (TPSA) is 78.4 Å². The fourth-order valence-electron chi connectivity index (χ4n) is 2.69. The highest BCUT2D eigenvalue weighted by molar-refractivity contribution is 6.30. The first-order valence-corrected chi connectivity index (χ1v) is 7.40. The number of urea groups is 1. The van der Waals surface area contributed by atoms with Crippen LogP contribution in [0.1, 0.15) is 37.8 Å². The molecule has 1 aliphatic rings. The Morgan fingerprint density at radius 1 is 1.38 bits per heavy atom. The number of carboxylic acids is 1. The van der Waals surface area contributed by atoms with E-state index in [2.05, 4.69) is 10.6 Å². The molecule has 1 aliphatic carbocycles. The van der Waals surface area contributed by atoms with Crippen molar-refractivity contribution in [3.05, 3.63) is 34.9 Å². The van der Waals surface area contributed by atoms with E-state index in [4.69, 9.17) is 16.7 Å². The van der Waals surface area contributed by atoms with Gasteiger partial charge in [-0.25, -0.2) is 4.79 Å². The van der Waals surface area contributed by atoms with Crippen molar-refractivity contribution in [2.45, 2.75) is 38.3 Å². The number of nitrogens with one attached hydrogen (secondary N) is 2. The van der Waals surface area contributed by atoms with Gasteiger partial charge in [0.15, 0.2) is 0 Å². The molecule has 3 atom stereocenters. The Balaban J connectivity index is 1.91. The van der Waals surface area contributed by atoms with E-state index in [0.29, 0.717) is 17.9 Å². The molecular formula is C15H19ClN2O3. The average Bonchev–Trinajstić information content (AvgIpc) is 2.86. The van der Waals surface area contributed by atoms with Crippen molar-refractivity contribution in [2.75, 3.05) is 0 Å². The molecule has 21 heavy (non-hydrogen) atoms. The molecule has 0 radical (unpaired) electrons. The van der Waals surface area contributed by atoms with Crippen LogP contribution in [-0.2, 0) is 4.79 Å². The molecule has 3 unspecified atom stereocenters. The fraction of sp³-hybridized carbons (Fsp3) is 0.467. The number of amides is 2. The molecule has 3 N–H and O–H groups in total. The smallest absolute Gasteiger partial charge is 0.315 e. The molecule has 0 heterocycles. The Hall–Kier alpha value is -1.75. The molecule has 1 fully saturated rings. The Morgan fingerprint density at radius 2 is 2.14 bits per heavy atom. The van der Waals surface area contributed by atoms with Crippen molar-refractivity contribution in [2.24, 2.45) is 5.92 Å². The molecule has 0 saturated heterocycles. The van der Waals surface area contributed by atoms with Gasteiger partial charge in [-0.1, -0.05) is 30.2 Å². The second-order valence-corrected chi connectivity index (χ2v) is 5.81. The average molecular weight is 311 g/mol. The van der Waals surface area contributed by atoms with Crippen molar-refractivity contribution < 1.29 is 14.7 Å². The number of carbonyl (C=O) groups is 2. The third-order valence-corrected chi connectivity index (χ3v) is 4.08. The molecule has 114 valence electrons. The second kappa shape index (κ2) is 6.80. The van der Waals surface area contributed by atoms with Gasteiger partial charge in [-0.05, 0) is 37.5 Å². The van der Waals surface area contributed by atoms with Crippen LogP contribution in [0.4, 0.5) is 4.79 Å². The van der Waals surface area contributed by atoms with E-state index in [1.807, 2.05) is 19.1 Å². The molecule has 1 aromatic rings. The number of hydrogen-bond donors (Lipinski definition) is 3. The highest BCUT2D eigenvalue weighted by Gasteiger charge is 2.34. The summed E-state index contributed by atoms with van der Waals surface area (Å²) in [5, 5.41) is 15.3. The molecular weight excluding hydrogens is 292 g/mol. The lowest BCUT2D eigenvalue weighted by atomic mass is 10.0. The summed E-state index contributed by atoms with van der Waals surface area (Å²) in [6.07, 6.45) is 2.14. The van der Waals surface area contributed by atoms with Crippen molar-refractivity contribution in [1.29, 1.82) is 0 Å². The van der Waals surface area contributed by atoms with Gasteiger partial charge in [-0.15, -0.1) is 0 Å². The first-order chi connectivity index (χ1) is 9.97. The maximum atomic E-state index is 12.0. The van der Waals surface area contributed by atoms with Crippen LogP contribution in [0.5, 0.6) is 0 Å². The number of carboxylic acid groups (broad SMARTS) is 1. The van der Waals surface area contributed by atoms with Gasteiger partial charge in [-0.3, -0.25) is 4.79 Å². The Labute approximate surface area is 128 Å². The minimum atomic E-state index is -0.847. The van der Waals surface area contributed by atoms with Crippen LogP contribution in [-0.4, -0.2) is 23.1 Å². The van der Waals surface area contributed by atoms with Crippen LogP contribution >= 0.6 is 11.6 Å². The predicted octanol–water partition coefficient (Wildman–Crippen LogP) is 2.95. The van der Waals surface area contributed by atoms with Gasteiger partial charge in [0.2, 0.25) is 0 Å². The quantitative estimate of drug-likeness (QED) is 0.800. The number of halogens is 1. The van der Waals surface area contributed by atoms with E-state index in [9.17, 15) is 9.59 Å². The molecule has 0 spiro atoms. The number of aliphatic carboxylic acids is 1. The highest BCUT2D eigenvalue weighted by Crippen LogP contribution is 2.26. The molecule has 2 amide bonds. The molecule has 1 saturated carbocycles. The fourth-order valence-corrected chi connectivity index (χ4v) is 2.89. The van der Waals surface area contributed by atoms with Gasteiger partial charge in [0, 0.05) is 11.1 Å². The Morgan fingerprint density at radius 3 is 2.81 bits per heavy atom. The van der Waals surface area contributed by atoms with Crippen LogP contribution in [0.25, 0.3) is 0 Å².